The fourth-order valence-corrected chi connectivity index (χ4v) is 3.29. The quantitative estimate of drug-likeness (QED) is 0.842. The van der Waals surface area contributed by atoms with Crippen molar-refractivity contribution in [2.45, 2.75) is 31.6 Å². The van der Waals surface area contributed by atoms with Crippen LogP contribution in [0.25, 0.3) is 0 Å². The molecule has 0 radical (unpaired) electrons. The van der Waals surface area contributed by atoms with Crippen LogP contribution < -0.4 is 0 Å². The first-order valence-corrected chi connectivity index (χ1v) is 7.60. The van der Waals surface area contributed by atoms with Crippen molar-refractivity contribution in [3.63, 3.8) is 0 Å². The molecule has 2 rings (SSSR count). The lowest BCUT2D eigenvalue weighted by molar-refractivity contribution is -0.129. The van der Waals surface area contributed by atoms with Gasteiger partial charge in [-0.3, -0.25) is 9.00 Å². The monoisotopic (exact) mass is 269 g/mol. The second-order valence-electron chi connectivity index (χ2n) is 4.89. The molecule has 1 aromatic heterocycles. The predicted molar refractivity (Wildman–Crippen MR) is 69.7 cm³/mol. The largest absolute Gasteiger partial charge is 0.468 e. The summed E-state index contributed by atoms with van der Waals surface area (Å²) in [6.45, 7) is 5.55. The Morgan fingerprint density at radius 2 is 2.17 bits per heavy atom. The van der Waals surface area contributed by atoms with Crippen LogP contribution >= 0.6 is 0 Å². The molecule has 1 saturated heterocycles. The Bertz CT molecular complexity index is 447. The maximum atomic E-state index is 12.0. The Labute approximate surface area is 110 Å². The summed E-state index contributed by atoms with van der Waals surface area (Å²) in [6.07, 6.45) is 3.60. The zero-order valence-electron chi connectivity index (χ0n) is 10.8. The molecule has 0 aliphatic carbocycles. The smallest absolute Gasteiger partial charge is 0.235 e. The fraction of sp³-hybridized carbons (Fsp3) is 0.615. The number of carbonyl (C=O) groups excluding carboxylic acids is 1. The third-order valence-corrected chi connectivity index (χ3v) is 4.87. The summed E-state index contributed by atoms with van der Waals surface area (Å²) in [6, 6.07) is 1.68. The maximum Gasteiger partial charge on any atom is 0.235 e. The second-order valence-corrected chi connectivity index (χ2v) is 6.31. The highest BCUT2D eigenvalue weighted by Gasteiger charge is 2.23. The molecular weight excluding hydrogens is 250 g/mol. The van der Waals surface area contributed by atoms with Gasteiger partial charge < -0.3 is 9.32 Å². The topological polar surface area (TPSA) is 50.5 Å². The van der Waals surface area contributed by atoms with Crippen molar-refractivity contribution in [2.75, 3.05) is 18.8 Å². The van der Waals surface area contributed by atoms with Gasteiger partial charge >= 0.3 is 0 Å². The molecule has 0 aromatic carbocycles. The Morgan fingerprint density at radius 1 is 1.50 bits per heavy atom. The SMILES string of the molecule is Cc1occc1[S@@](=O)CC(=O)N1CCC(C)CC1. The van der Waals surface area contributed by atoms with Gasteiger partial charge in [0.25, 0.3) is 0 Å². The van der Waals surface area contributed by atoms with Gasteiger partial charge in [-0.1, -0.05) is 6.92 Å². The molecule has 1 atom stereocenters. The highest BCUT2D eigenvalue weighted by atomic mass is 32.2. The molecule has 0 saturated carbocycles. The summed E-state index contributed by atoms with van der Waals surface area (Å²) in [4.78, 5) is 14.5. The van der Waals surface area contributed by atoms with Crippen LogP contribution in [0.2, 0.25) is 0 Å². The highest BCUT2D eigenvalue weighted by Crippen LogP contribution is 2.18. The number of rotatable bonds is 3. The number of furan rings is 1. The van der Waals surface area contributed by atoms with Gasteiger partial charge in [-0.05, 0) is 31.7 Å². The van der Waals surface area contributed by atoms with Crippen molar-refractivity contribution in [3.05, 3.63) is 18.1 Å². The van der Waals surface area contributed by atoms with Gasteiger partial charge in [-0.2, -0.15) is 0 Å². The van der Waals surface area contributed by atoms with E-state index in [1.807, 2.05) is 4.90 Å². The molecule has 1 aromatic rings. The van der Waals surface area contributed by atoms with Gasteiger partial charge in [-0.15, -0.1) is 0 Å². The van der Waals surface area contributed by atoms with E-state index in [2.05, 4.69) is 6.92 Å². The number of carbonyl (C=O) groups is 1. The third kappa shape index (κ3) is 3.02. The Kier molecular flexibility index (Phi) is 4.22. The zero-order chi connectivity index (χ0) is 13.1. The Balaban J connectivity index is 1.92. The molecule has 18 heavy (non-hydrogen) atoms. The number of piperidine rings is 1. The van der Waals surface area contributed by atoms with E-state index in [-0.39, 0.29) is 11.7 Å². The first kappa shape index (κ1) is 13.3. The molecule has 0 bridgehead atoms. The molecule has 1 aliphatic heterocycles. The van der Waals surface area contributed by atoms with Gasteiger partial charge in [0, 0.05) is 13.1 Å². The van der Waals surface area contributed by atoms with E-state index in [0.717, 1.165) is 25.9 Å². The minimum Gasteiger partial charge on any atom is -0.468 e. The molecule has 0 unspecified atom stereocenters. The van der Waals surface area contributed by atoms with Crippen LogP contribution in [0.3, 0.4) is 0 Å². The van der Waals surface area contributed by atoms with E-state index in [0.29, 0.717) is 16.6 Å². The third-order valence-electron chi connectivity index (χ3n) is 3.45. The van der Waals surface area contributed by atoms with Crippen LogP contribution in [-0.4, -0.2) is 33.9 Å². The minimum atomic E-state index is -1.29. The summed E-state index contributed by atoms with van der Waals surface area (Å²) < 4.78 is 17.2. The van der Waals surface area contributed by atoms with Crippen molar-refractivity contribution in [1.82, 2.24) is 4.90 Å². The first-order chi connectivity index (χ1) is 8.58. The van der Waals surface area contributed by atoms with Crippen LogP contribution in [0.1, 0.15) is 25.5 Å². The lowest BCUT2D eigenvalue weighted by Gasteiger charge is -2.30. The van der Waals surface area contributed by atoms with Gasteiger partial charge in [0.05, 0.1) is 22.0 Å². The Morgan fingerprint density at radius 3 is 2.72 bits per heavy atom. The van der Waals surface area contributed by atoms with E-state index >= 15 is 0 Å². The first-order valence-electron chi connectivity index (χ1n) is 6.28. The lowest BCUT2D eigenvalue weighted by Crippen LogP contribution is -2.40. The normalized spacial score (nSPS) is 18.9. The van der Waals surface area contributed by atoms with E-state index in [9.17, 15) is 9.00 Å². The molecule has 100 valence electrons. The molecular formula is C13H19NO3S. The summed E-state index contributed by atoms with van der Waals surface area (Å²) in [7, 11) is -1.29. The van der Waals surface area contributed by atoms with Gasteiger partial charge in [0.2, 0.25) is 5.91 Å². The summed E-state index contributed by atoms with van der Waals surface area (Å²) in [5.74, 6) is 1.37. The molecule has 4 nitrogen and oxygen atoms in total. The maximum absolute atomic E-state index is 12.0. The number of nitrogens with zero attached hydrogens (tertiary/aromatic N) is 1. The predicted octanol–water partition coefficient (Wildman–Crippen LogP) is 1.95. The fourth-order valence-electron chi connectivity index (χ4n) is 2.15. The number of likely N-dealkylation sites (tertiary alicyclic amines) is 1. The van der Waals surface area contributed by atoms with Crippen molar-refractivity contribution in [1.29, 1.82) is 0 Å². The van der Waals surface area contributed by atoms with Gasteiger partial charge in [-0.25, -0.2) is 0 Å². The van der Waals surface area contributed by atoms with Gasteiger partial charge in [0.1, 0.15) is 11.5 Å². The second kappa shape index (κ2) is 5.69. The van der Waals surface area contributed by atoms with Crippen molar-refractivity contribution in [2.24, 2.45) is 5.92 Å². The standard InChI is InChI=1S/C13H19NO3S/c1-10-3-6-14(7-4-10)13(15)9-18(16)12-5-8-17-11(12)2/h5,8,10H,3-4,6-7,9H2,1-2H3/t18-/m0/s1. The summed E-state index contributed by atoms with van der Waals surface area (Å²) in [5, 5.41) is 0. The van der Waals surface area contributed by atoms with Crippen LogP contribution in [0.15, 0.2) is 21.6 Å². The minimum absolute atomic E-state index is 0.0131. The van der Waals surface area contributed by atoms with Crippen molar-refractivity contribution >= 4 is 16.7 Å². The number of amides is 1. The van der Waals surface area contributed by atoms with Gasteiger partial charge in [0.15, 0.2) is 0 Å². The molecule has 0 N–H and O–H groups in total. The molecule has 5 heteroatoms. The zero-order valence-corrected chi connectivity index (χ0v) is 11.7. The summed E-state index contributed by atoms with van der Waals surface area (Å²) >= 11 is 0. The average molecular weight is 269 g/mol. The lowest BCUT2D eigenvalue weighted by atomic mass is 9.99. The molecule has 1 aliphatic rings. The molecule has 1 amide bonds. The molecule has 0 spiro atoms. The van der Waals surface area contributed by atoms with E-state index < -0.39 is 10.8 Å². The van der Waals surface area contributed by atoms with Crippen LogP contribution in [0.4, 0.5) is 0 Å². The Hall–Kier alpha value is -1.10. The van der Waals surface area contributed by atoms with Crippen molar-refractivity contribution in [3.8, 4) is 0 Å². The molecule has 2 heterocycles. The summed E-state index contributed by atoms with van der Waals surface area (Å²) in [5.41, 5.74) is 0. The van der Waals surface area contributed by atoms with E-state index in [4.69, 9.17) is 4.42 Å². The number of hydrogen-bond acceptors (Lipinski definition) is 3. The number of aryl methyl sites for hydroxylation is 1. The van der Waals surface area contributed by atoms with E-state index in [1.54, 1.807) is 13.0 Å². The van der Waals surface area contributed by atoms with Crippen LogP contribution in [0, 0.1) is 12.8 Å². The van der Waals surface area contributed by atoms with E-state index in [1.165, 1.54) is 6.26 Å². The van der Waals surface area contributed by atoms with Crippen LogP contribution in [-0.2, 0) is 15.6 Å². The van der Waals surface area contributed by atoms with Crippen LogP contribution in [0.5, 0.6) is 0 Å². The number of hydrogen-bond donors (Lipinski definition) is 0. The molecule has 1 fully saturated rings. The highest BCUT2D eigenvalue weighted by molar-refractivity contribution is 7.85. The average Bonchev–Trinajstić information content (AvgIpc) is 2.76. The van der Waals surface area contributed by atoms with Crippen molar-refractivity contribution < 1.29 is 13.4 Å².